The van der Waals surface area contributed by atoms with Gasteiger partial charge in [0, 0.05) is 6.04 Å². The van der Waals surface area contributed by atoms with Gasteiger partial charge in [-0.2, -0.15) is 12.1 Å². The zero-order valence-electron chi connectivity index (χ0n) is 11.3. The highest BCUT2D eigenvalue weighted by Gasteiger charge is 2.60. The van der Waals surface area contributed by atoms with E-state index in [1.54, 1.807) is 0 Å². The zero-order valence-corrected chi connectivity index (χ0v) is 11.3. The van der Waals surface area contributed by atoms with Crippen LogP contribution in [-0.4, -0.2) is 6.04 Å². The van der Waals surface area contributed by atoms with Gasteiger partial charge in [-0.15, -0.1) is 5.56 Å². The van der Waals surface area contributed by atoms with E-state index >= 15 is 0 Å². The SMILES string of the molecule is CC1(C)C2CCC1(C)C(NC[c-]1cccc1)C2. The molecule has 1 heteroatoms. The maximum absolute atomic E-state index is 3.81. The number of hydrogen-bond acceptors (Lipinski definition) is 1. The number of nitrogens with one attached hydrogen (secondary N) is 1. The first-order valence-electron chi connectivity index (χ1n) is 6.98. The fourth-order valence-electron chi connectivity index (χ4n) is 4.29. The molecule has 2 bridgehead atoms. The van der Waals surface area contributed by atoms with E-state index in [0.717, 1.165) is 12.5 Å². The van der Waals surface area contributed by atoms with Crippen LogP contribution in [0.2, 0.25) is 0 Å². The van der Waals surface area contributed by atoms with Crippen LogP contribution >= 0.6 is 0 Å². The first-order chi connectivity index (χ1) is 8.04. The van der Waals surface area contributed by atoms with Gasteiger partial charge in [-0.05, 0) is 42.6 Å². The van der Waals surface area contributed by atoms with Crippen molar-refractivity contribution in [1.82, 2.24) is 5.32 Å². The summed E-state index contributed by atoms with van der Waals surface area (Å²) in [7, 11) is 0. The van der Waals surface area contributed by atoms with Crippen LogP contribution < -0.4 is 5.32 Å². The number of rotatable bonds is 3. The average Bonchev–Trinajstić information content (AvgIpc) is 2.91. The van der Waals surface area contributed by atoms with Crippen molar-refractivity contribution >= 4 is 0 Å². The lowest BCUT2D eigenvalue weighted by atomic mass is 9.69. The molecule has 0 amide bonds. The molecule has 0 aromatic heterocycles. The molecule has 0 heterocycles. The second-order valence-corrected chi connectivity index (χ2v) is 6.84. The Bertz CT molecular complexity index is 390. The highest BCUT2D eigenvalue weighted by atomic mass is 15.0. The van der Waals surface area contributed by atoms with Crippen LogP contribution in [0, 0.1) is 16.7 Å². The van der Waals surface area contributed by atoms with Crippen LogP contribution in [0.15, 0.2) is 24.3 Å². The minimum Gasteiger partial charge on any atom is -0.320 e. The summed E-state index contributed by atoms with van der Waals surface area (Å²) in [4.78, 5) is 0. The van der Waals surface area contributed by atoms with Gasteiger partial charge in [-0.1, -0.05) is 20.8 Å². The van der Waals surface area contributed by atoms with Gasteiger partial charge in [0.05, 0.1) is 0 Å². The first kappa shape index (κ1) is 11.4. The van der Waals surface area contributed by atoms with Crippen molar-refractivity contribution in [2.24, 2.45) is 16.7 Å². The van der Waals surface area contributed by atoms with E-state index in [-0.39, 0.29) is 0 Å². The Morgan fingerprint density at radius 3 is 2.47 bits per heavy atom. The van der Waals surface area contributed by atoms with Crippen LogP contribution in [0.4, 0.5) is 0 Å². The largest absolute Gasteiger partial charge is 0.320 e. The van der Waals surface area contributed by atoms with Crippen molar-refractivity contribution in [3.8, 4) is 0 Å². The Labute approximate surface area is 105 Å². The van der Waals surface area contributed by atoms with Crippen molar-refractivity contribution in [3.63, 3.8) is 0 Å². The van der Waals surface area contributed by atoms with E-state index in [1.165, 1.54) is 24.8 Å². The average molecular weight is 230 g/mol. The van der Waals surface area contributed by atoms with Crippen LogP contribution in [-0.2, 0) is 6.54 Å². The van der Waals surface area contributed by atoms with E-state index in [4.69, 9.17) is 0 Å². The third-order valence-corrected chi connectivity index (χ3v) is 6.08. The van der Waals surface area contributed by atoms with Gasteiger partial charge in [-0.25, -0.2) is 12.1 Å². The topological polar surface area (TPSA) is 12.0 Å². The van der Waals surface area contributed by atoms with Crippen LogP contribution in [0.3, 0.4) is 0 Å². The molecule has 0 radical (unpaired) electrons. The van der Waals surface area contributed by atoms with Crippen molar-refractivity contribution in [2.45, 2.75) is 52.6 Å². The molecule has 0 aliphatic heterocycles. The predicted molar refractivity (Wildman–Crippen MR) is 71.9 cm³/mol. The molecule has 2 aliphatic carbocycles. The summed E-state index contributed by atoms with van der Waals surface area (Å²) in [6, 6.07) is 9.40. The summed E-state index contributed by atoms with van der Waals surface area (Å²) in [5.41, 5.74) is 2.45. The van der Waals surface area contributed by atoms with Crippen molar-refractivity contribution in [1.29, 1.82) is 0 Å². The summed E-state index contributed by atoms with van der Waals surface area (Å²) in [5.74, 6) is 0.935. The summed E-state index contributed by atoms with van der Waals surface area (Å²) in [5, 5.41) is 3.81. The van der Waals surface area contributed by atoms with Gasteiger partial charge < -0.3 is 5.32 Å². The fraction of sp³-hybridized carbons (Fsp3) is 0.688. The molecule has 3 unspecified atom stereocenters. The standard InChI is InChI=1S/C16H24N/c1-15(2)13-8-9-16(15,3)14(10-13)17-11-12-6-4-5-7-12/h4-7,13-14,17H,8-11H2,1-3H3/q-1. The lowest BCUT2D eigenvalue weighted by molar-refractivity contribution is 0.120. The maximum atomic E-state index is 3.81. The third-order valence-electron chi connectivity index (χ3n) is 6.08. The monoisotopic (exact) mass is 230 g/mol. The Hall–Kier alpha value is -0.690. The number of hydrogen-bond donors (Lipinski definition) is 1. The van der Waals surface area contributed by atoms with Crippen molar-refractivity contribution in [2.75, 3.05) is 0 Å². The molecule has 2 aliphatic rings. The predicted octanol–water partition coefficient (Wildman–Crippen LogP) is 3.71. The molecule has 1 aromatic rings. The Morgan fingerprint density at radius 1 is 1.24 bits per heavy atom. The Morgan fingerprint density at radius 2 is 1.94 bits per heavy atom. The molecule has 0 saturated heterocycles. The van der Waals surface area contributed by atoms with E-state index in [1.807, 2.05) is 0 Å². The molecular weight excluding hydrogens is 206 g/mol. The molecule has 3 atom stereocenters. The van der Waals surface area contributed by atoms with Gasteiger partial charge >= 0.3 is 0 Å². The first-order valence-corrected chi connectivity index (χ1v) is 6.98. The minimum absolute atomic E-state index is 0.504. The molecule has 2 fully saturated rings. The van der Waals surface area contributed by atoms with Crippen LogP contribution in [0.1, 0.15) is 45.6 Å². The summed E-state index contributed by atoms with van der Waals surface area (Å²) in [6.07, 6.45) is 4.23. The molecule has 94 valence electrons. The minimum atomic E-state index is 0.504. The van der Waals surface area contributed by atoms with Gasteiger partial charge in [0.15, 0.2) is 0 Å². The molecule has 1 N–H and O–H groups in total. The van der Waals surface area contributed by atoms with E-state index in [2.05, 4.69) is 50.4 Å². The third kappa shape index (κ3) is 1.52. The highest BCUT2D eigenvalue weighted by Crippen LogP contribution is 2.65. The van der Waals surface area contributed by atoms with E-state index < -0.39 is 0 Å². The lowest BCUT2D eigenvalue weighted by Gasteiger charge is -2.40. The molecular formula is C16H24N-. The van der Waals surface area contributed by atoms with Gasteiger partial charge in [0.1, 0.15) is 0 Å². The summed E-state index contributed by atoms with van der Waals surface area (Å²) >= 11 is 0. The Balaban J connectivity index is 1.70. The van der Waals surface area contributed by atoms with Gasteiger partial charge in [-0.3, -0.25) is 0 Å². The maximum Gasteiger partial charge on any atom is 0.0121 e. The van der Waals surface area contributed by atoms with Crippen molar-refractivity contribution < 1.29 is 0 Å². The smallest absolute Gasteiger partial charge is 0.0121 e. The molecule has 1 nitrogen and oxygen atoms in total. The molecule has 3 rings (SSSR count). The molecule has 0 spiro atoms. The normalized spacial score (nSPS) is 38.8. The molecule has 1 aromatic carbocycles. The van der Waals surface area contributed by atoms with Crippen LogP contribution in [0.5, 0.6) is 0 Å². The second-order valence-electron chi connectivity index (χ2n) is 6.84. The highest BCUT2D eigenvalue weighted by molar-refractivity contribution is 5.18. The zero-order chi connectivity index (χ0) is 12.1. The second kappa shape index (κ2) is 3.65. The van der Waals surface area contributed by atoms with Gasteiger partial charge in [0.25, 0.3) is 0 Å². The molecule has 2 saturated carbocycles. The molecule has 17 heavy (non-hydrogen) atoms. The van der Waals surface area contributed by atoms with E-state index in [0.29, 0.717) is 16.9 Å². The van der Waals surface area contributed by atoms with Crippen LogP contribution in [0.25, 0.3) is 0 Å². The number of fused-ring (bicyclic) bond motifs is 2. The summed E-state index contributed by atoms with van der Waals surface area (Å²) in [6.45, 7) is 8.50. The van der Waals surface area contributed by atoms with Crippen molar-refractivity contribution in [3.05, 3.63) is 29.8 Å². The quantitative estimate of drug-likeness (QED) is 0.781. The Kier molecular flexibility index (Phi) is 2.45. The summed E-state index contributed by atoms with van der Waals surface area (Å²) < 4.78 is 0. The van der Waals surface area contributed by atoms with Gasteiger partial charge in [0.2, 0.25) is 0 Å². The van der Waals surface area contributed by atoms with E-state index in [9.17, 15) is 0 Å². The lowest BCUT2D eigenvalue weighted by Crippen LogP contribution is -2.44. The fourth-order valence-corrected chi connectivity index (χ4v) is 4.29.